The predicted molar refractivity (Wildman–Crippen MR) is 60.0 cm³/mol. The monoisotopic (exact) mass is 214 g/mol. The zero-order chi connectivity index (χ0) is 11.5. The quantitative estimate of drug-likeness (QED) is 0.616. The van der Waals surface area contributed by atoms with Crippen LogP contribution < -0.4 is 10.6 Å². The fraction of sp³-hybridized carbons (Fsp3) is 0.909. The van der Waals surface area contributed by atoms with Crippen LogP contribution in [0, 0.1) is 0 Å². The first-order valence-electron chi connectivity index (χ1n) is 5.61. The van der Waals surface area contributed by atoms with E-state index in [1.807, 2.05) is 0 Å². The lowest BCUT2D eigenvalue weighted by molar-refractivity contribution is -0.139. The molecule has 0 aromatic heterocycles. The molecule has 0 spiro atoms. The number of aliphatic carboxylic acids is 1. The summed E-state index contributed by atoms with van der Waals surface area (Å²) in [7, 11) is 0. The molecule has 1 heterocycles. The molecule has 0 bridgehead atoms. The second-order valence-corrected chi connectivity index (χ2v) is 5.21. The van der Waals surface area contributed by atoms with Gasteiger partial charge < -0.3 is 15.7 Å². The van der Waals surface area contributed by atoms with Crippen LogP contribution in [0.15, 0.2) is 0 Å². The van der Waals surface area contributed by atoms with Crippen LogP contribution in [0.4, 0.5) is 0 Å². The molecule has 0 radical (unpaired) electrons. The van der Waals surface area contributed by atoms with Gasteiger partial charge in [-0.15, -0.1) is 0 Å². The first-order chi connectivity index (χ1) is 6.89. The number of nitrogens with one attached hydrogen (secondary N) is 2. The molecule has 0 aromatic carbocycles. The molecule has 1 saturated heterocycles. The van der Waals surface area contributed by atoms with Crippen molar-refractivity contribution in [2.45, 2.75) is 51.1 Å². The summed E-state index contributed by atoms with van der Waals surface area (Å²) in [6, 6.07) is 0. The zero-order valence-corrected chi connectivity index (χ0v) is 9.89. The Morgan fingerprint density at radius 2 is 2.13 bits per heavy atom. The SMILES string of the molecule is CCCC(C)(C)NC1(CC(=O)O)CNC1. The van der Waals surface area contributed by atoms with E-state index in [-0.39, 0.29) is 17.5 Å². The largest absolute Gasteiger partial charge is 0.481 e. The van der Waals surface area contributed by atoms with Gasteiger partial charge >= 0.3 is 5.97 Å². The third-order valence-electron chi connectivity index (χ3n) is 2.89. The Hall–Kier alpha value is -0.610. The molecule has 15 heavy (non-hydrogen) atoms. The maximum atomic E-state index is 10.8. The van der Waals surface area contributed by atoms with Gasteiger partial charge in [0.25, 0.3) is 0 Å². The van der Waals surface area contributed by atoms with Crippen LogP contribution in [0.3, 0.4) is 0 Å². The molecule has 0 atom stereocenters. The normalized spacial score (nSPS) is 19.7. The Balaban J connectivity index is 2.56. The summed E-state index contributed by atoms with van der Waals surface area (Å²) in [4.78, 5) is 10.8. The highest BCUT2D eigenvalue weighted by Crippen LogP contribution is 2.22. The van der Waals surface area contributed by atoms with E-state index in [2.05, 4.69) is 31.4 Å². The van der Waals surface area contributed by atoms with Gasteiger partial charge in [-0.3, -0.25) is 4.79 Å². The van der Waals surface area contributed by atoms with E-state index in [4.69, 9.17) is 5.11 Å². The van der Waals surface area contributed by atoms with E-state index in [0.717, 1.165) is 25.9 Å². The first kappa shape index (κ1) is 12.5. The minimum absolute atomic E-state index is 0.0201. The summed E-state index contributed by atoms with van der Waals surface area (Å²) < 4.78 is 0. The van der Waals surface area contributed by atoms with Gasteiger partial charge in [0.1, 0.15) is 0 Å². The third-order valence-corrected chi connectivity index (χ3v) is 2.89. The van der Waals surface area contributed by atoms with Gasteiger partial charge in [-0.05, 0) is 20.3 Å². The Morgan fingerprint density at radius 1 is 1.53 bits per heavy atom. The molecule has 4 heteroatoms. The maximum absolute atomic E-state index is 10.8. The van der Waals surface area contributed by atoms with Gasteiger partial charge in [0.05, 0.1) is 12.0 Å². The lowest BCUT2D eigenvalue weighted by Crippen LogP contribution is -2.72. The number of hydrogen-bond acceptors (Lipinski definition) is 3. The van der Waals surface area contributed by atoms with Crippen molar-refractivity contribution < 1.29 is 9.90 Å². The van der Waals surface area contributed by atoms with E-state index in [9.17, 15) is 4.79 Å². The van der Waals surface area contributed by atoms with Gasteiger partial charge in [0.2, 0.25) is 0 Å². The fourth-order valence-electron chi connectivity index (χ4n) is 2.38. The van der Waals surface area contributed by atoms with Gasteiger partial charge in [-0.25, -0.2) is 0 Å². The van der Waals surface area contributed by atoms with Crippen molar-refractivity contribution in [3.8, 4) is 0 Å². The topological polar surface area (TPSA) is 61.4 Å². The summed E-state index contributed by atoms with van der Waals surface area (Å²) in [6.45, 7) is 7.93. The Bertz CT molecular complexity index is 235. The molecule has 4 nitrogen and oxygen atoms in total. The van der Waals surface area contributed by atoms with Crippen LogP contribution in [0.1, 0.15) is 40.0 Å². The standard InChI is InChI=1S/C11H22N2O2/c1-4-5-10(2,3)13-11(6-9(14)15)7-12-8-11/h12-13H,4-8H2,1-3H3,(H,14,15). The van der Waals surface area contributed by atoms with Crippen LogP contribution in [0.2, 0.25) is 0 Å². The van der Waals surface area contributed by atoms with Crippen molar-refractivity contribution in [3.63, 3.8) is 0 Å². The molecule has 0 aromatic rings. The van der Waals surface area contributed by atoms with Gasteiger partial charge in [-0.1, -0.05) is 13.3 Å². The minimum Gasteiger partial charge on any atom is -0.481 e. The Morgan fingerprint density at radius 3 is 2.47 bits per heavy atom. The number of carboxylic acid groups (broad SMARTS) is 1. The van der Waals surface area contributed by atoms with Crippen LogP contribution in [-0.2, 0) is 4.79 Å². The van der Waals surface area contributed by atoms with E-state index >= 15 is 0 Å². The first-order valence-corrected chi connectivity index (χ1v) is 5.61. The van der Waals surface area contributed by atoms with Crippen LogP contribution in [0.25, 0.3) is 0 Å². The number of carboxylic acids is 1. The highest BCUT2D eigenvalue weighted by Gasteiger charge is 2.42. The Labute approximate surface area is 91.4 Å². The van der Waals surface area contributed by atoms with Crippen molar-refractivity contribution in [1.29, 1.82) is 0 Å². The summed E-state index contributed by atoms with van der Waals surface area (Å²) in [5.41, 5.74) is -0.212. The highest BCUT2D eigenvalue weighted by atomic mass is 16.4. The number of hydrogen-bond donors (Lipinski definition) is 3. The average molecular weight is 214 g/mol. The van der Waals surface area contributed by atoms with Gasteiger partial charge in [-0.2, -0.15) is 0 Å². The van der Waals surface area contributed by atoms with Crippen molar-refractivity contribution in [1.82, 2.24) is 10.6 Å². The second kappa shape index (κ2) is 4.49. The van der Waals surface area contributed by atoms with Crippen molar-refractivity contribution in [3.05, 3.63) is 0 Å². The molecule has 0 amide bonds. The molecule has 1 fully saturated rings. The highest BCUT2D eigenvalue weighted by molar-refractivity contribution is 5.68. The summed E-state index contributed by atoms with van der Waals surface area (Å²) in [5.74, 6) is -0.726. The van der Waals surface area contributed by atoms with Crippen LogP contribution in [0.5, 0.6) is 0 Å². The van der Waals surface area contributed by atoms with E-state index < -0.39 is 5.97 Å². The molecule has 3 N–H and O–H groups in total. The molecular weight excluding hydrogens is 192 g/mol. The van der Waals surface area contributed by atoms with Crippen LogP contribution >= 0.6 is 0 Å². The average Bonchev–Trinajstić information content (AvgIpc) is 1.98. The lowest BCUT2D eigenvalue weighted by atomic mass is 9.84. The summed E-state index contributed by atoms with van der Waals surface area (Å²) in [6.07, 6.45) is 2.37. The van der Waals surface area contributed by atoms with E-state index in [1.54, 1.807) is 0 Å². The number of carbonyl (C=O) groups is 1. The molecule has 0 unspecified atom stereocenters. The number of rotatable bonds is 6. The van der Waals surface area contributed by atoms with E-state index in [1.165, 1.54) is 0 Å². The molecule has 0 aliphatic carbocycles. The smallest absolute Gasteiger partial charge is 0.305 e. The fourth-order valence-corrected chi connectivity index (χ4v) is 2.38. The molecule has 1 aliphatic rings. The van der Waals surface area contributed by atoms with E-state index in [0.29, 0.717) is 0 Å². The molecular formula is C11H22N2O2. The maximum Gasteiger partial charge on any atom is 0.305 e. The summed E-state index contributed by atoms with van der Waals surface area (Å²) in [5, 5.41) is 15.5. The second-order valence-electron chi connectivity index (χ2n) is 5.21. The Kier molecular flexibility index (Phi) is 3.73. The van der Waals surface area contributed by atoms with Crippen molar-refractivity contribution >= 4 is 5.97 Å². The third kappa shape index (κ3) is 3.47. The molecule has 88 valence electrons. The van der Waals surface area contributed by atoms with Crippen LogP contribution in [-0.4, -0.2) is 35.2 Å². The van der Waals surface area contributed by atoms with Gasteiger partial charge in [0.15, 0.2) is 0 Å². The predicted octanol–water partition coefficient (Wildman–Crippen LogP) is 0.971. The molecule has 1 rings (SSSR count). The summed E-state index contributed by atoms with van der Waals surface area (Å²) >= 11 is 0. The van der Waals surface area contributed by atoms with Crippen molar-refractivity contribution in [2.24, 2.45) is 0 Å². The molecule has 1 aliphatic heterocycles. The van der Waals surface area contributed by atoms with Gasteiger partial charge in [0, 0.05) is 18.6 Å². The minimum atomic E-state index is -0.726. The molecule has 0 saturated carbocycles. The lowest BCUT2D eigenvalue weighted by Gasteiger charge is -2.47. The zero-order valence-electron chi connectivity index (χ0n) is 9.89. The van der Waals surface area contributed by atoms with Crippen molar-refractivity contribution in [2.75, 3.05) is 13.1 Å².